The van der Waals surface area contributed by atoms with Gasteiger partial charge in [0.2, 0.25) is 0 Å². The zero-order chi connectivity index (χ0) is 23.3. The summed E-state index contributed by atoms with van der Waals surface area (Å²) < 4.78 is 16.7. The third-order valence-corrected chi connectivity index (χ3v) is 5.53. The first kappa shape index (κ1) is 29.7. The molecule has 1 heterocycles. The third kappa shape index (κ3) is 11.1. The minimum absolute atomic E-state index is 0. The normalized spacial score (nSPS) is 17.5. The van der Waals surface area contributed by atoms with Crippen LogP contribution in [0.4, 0.5) is 0 Å². The van der Waals surface area contributed by atoms with Crippen molar-refractivity contribution in [3.05, 3.63) is 23.8 Å². The molecule has 2 N–H and O–H groups in total. The Labute approximate surface area is 217 Å². The van der Waals surface area contributed by atoms with E-state index in [9.17, 15) is 0 Å². The van der Waals surface area contributed by atoms with Gasteiger partial charge < -0.3 is 29.7 Å². The lowest BCUT2D eigenvalue weighted by Gasteiger charge is -2.21. The van der Waals surface area contributed by atoms with E-state index in [0.29, 0.717) is 19.2 Å². The van der Waals surface area contributed by atoms with Crippen LogP contribution in [0.2, 0.25) is 0 Å². The summed E-state index contributed by atoms with van der Waals surface area (Å²) in [5.74, 6) is 2.53. The van der Waals surface area contributed by atoms with E-state index < -0.39 is 0 Å². The number of nitrogens with one attached hydrogen (secondary N) is 2. The molecule has 1 aliphatic heterocycles. The standard InChI is InChI=1S/C24H43N5O3.HI/c1-7-25-24(26-16-21(32-8-2)10-11-28(3)4)27-20-9-12-29(18-20)17-19-13-22(30-5)15-23(14-19)31-6;/h13-15,20-21H,7-12,16-18H2,1-6H3,(H2,25,26,27);1H. The van der Waals surface area contributed by atoms with Gasteiger partial charge in [-0.15, -0.1) is 24.0 Å². The minimum Gasteiger partial charge on any atom is -0.497 e. The fourth-order valence-electron chi connectivity index (χ4n) is 3.88. The molecule has 0 spiro atoms. The number of benzene rings is 1. The molecule has 9 heteroatoms. The molecule has 0 aliphatic carbocycles. The largest absolute Gasteiger partial charge is 0.497 e. The van der Waals surface area contributed by atoms with E-state index in [2.05, 4.69) is 53.6 Å². The van der Waals surface area contributed by atoms with Gasteiger partial charge in [0.1, 0.15) is 11.5 Å². The average molecular weight is 578 g/mol. The molecule has 1 aliphatic rings. The van der Waals surface area contributed by atoms with Crippen molar-refractivity contribution in [3.8, 4) is 11.5 Å². The van der Waals surface area contributed by atoms with Gasteiger partial charge in [0.25, 0.3) is 0 Å². The number of rotatable bonds is 13. The van der Waals surface area contributed by atoms with Crippen LogP contribution in [-0.2, 0) is 11.3 Å². The van der Waals surface area contributed by atoms with Crippen LogP contribution in [0.3, 0.4) is 0 Å². The predicted molar refractivity (Wildman–Crippen MR) is 146 cm³/mol. The second-order valence-electron chi connectivity index (χ2n) is 8.47. The van der Waals surface area contributed by atoms with Crippen molar-refractivity contribution in [2.24, 2.45) is 4.99 Å². The van der Waals surface area contributed by atoms with E-state index in [1.54, 1.807) is 14.2 Å². The monoisotopic (exact) mass is 577 g/mol. The molecule has 33 heavy (non-hydrogen) atoms. The molecule has 0 bridgehead atoms. The highest BCUT2D eigenvalue weighted by molar-refractivity contribution is 14.0. The van der Waals surface area contributed by atoms with Crippen LogP contribution in [-0.4, -0.2) is 95.6 Å². The second kappa shape index (κ2) is 16.3. The van der Waals surface area contributed by atoms with Gasteiger partial charge in [-0.05, 0) is 58.5 Å². The topological polar surface area (TPSA) is 70.6 Å². The van der Waals surface area contributed by atoms with Crippen molar-refractivity contribution < 1.29 is 14.2 Å². The van der Waals surface area contributed by atoms with Gasteiger partial charge >= 0.3 is 0 Å². The molecule has 1 aromatic carbocycles. The Morgan fingerprint density at radius 3 is 2.45 bits per heavy atom. The van der Waals surface area contributed by atoms with Crippen LogP contribution in [0, 0.1) is 0 Å². The Hall–Kier alpha value is -1.30. The summed E-state index contributed by atoms with van der Waals surface area (Å²) in [7, 11) is 7.55. The van der Waals surface area contributed by atoms with E-state index in [0.717, 1.165) is 63.0 Å². The number of halogens is 1. The maximum atomic E-state index is 5.89. The first-order valence-electron chi connectivity index (χ1n) is 11.7. The van der Waals surface area contributed by atoms with Crippen LogP contribution in [0.5, 0.6) is 11.5 Å². The van der Waals surface area contributed by atoms with Crippen LogP contribution in [0.25, 0.3) is 0 Å². The Balaban J connectivity index is 0.00000544. The van der Waals surface area contributed by atoms with Gasteiger partial charge in [-0.2, -0.15) is 0 Å². The zero-order valence-electron chi connectivity index (χ0n) is 21.2. The molecule has 0 aromatic heterocycles. The number of likely N-dealkylation sites (tertiary alicyclic amines) is 1. The first-order chi connectivity index (χ1) is 15.5. The number of aliphatic imine (C=N–C) groups is 1. The molecule has 2 unspecified atom stereocenters. The first-order valence-corrected chi connectivity index (χ1v) is 11.7. The Morgan fingerprint density at radius 1 is 1.18 bits per heavy atom. The maximum Gasteiger partial charge on any atom is 0.191 e. The highest BCUT2D eigenvalue weighted by atomic mass is 127. The number of hydrogen-bond donors (Lipinski definition) is 2. The SMILES string of the molecule is CCNC(=NCC(CCN(C)C)OCC)NC1CCN(Cc2cc(OC)cc(OC)c2)C1.I. The number of methoxy groups -OCH3 is 2. The van der Waals surface area contributed by atoms with Crippen molar-refractivity contribution in [1.82, 2.24) is 20.4 Å². The lowest BCUT2D eigenvalue weighted by atomic mass is 10.2. The van der Waals surface area contributed by atoms with Gasteiger partial charge in [0, 0.05) is 51.4 Å². The lowest BCUT2D eigenvalue weighted by Crippen LogP contribution is -2.45. The second-order valence-corrected chi connectivity index (χ2v) is 8.47. The highest BCUT2D eigenvalue weighted by Gasteiger charge is 2.23. The molecule has 8 nitrogen and oxygen atoms in total. The summed E-state index contributed by atoms with van der Waals surface area (Å²) in [6.07, 6.45) is 2.20. The van der Waals surface area contributed by atoms with E-state index in [4.69, 9.17) is 19.2 Å². The molecule has 190 valence electrons. The van der Waals surface area contributed by atoms with E-state index >= 15 is 0 Å². The molecule has 0 saturated carbocycles. The lowest BCUT2D eigenvalue weighted by molar-refractivity contribution is 0.0582. The molecular weight excluding hydrogens is 533 g/mol. The molecule has 0 amide bonds. The molecule has 0 radical (unpaired) electrons. The third-order valence-electron chi connectivity index (χ3n) is 5.53. The summed E-state index contributed by atoms with van der Waals surface area (Å²) >= 11 is 0. The number of nitrogens with zero attached hydrogens (tertiary/aromatic N) is 3. The van der Waals surface area contributed by atoms with Crippen molar-refractivity contribution in [3.63, 3.8) is 0 Å². The van der Waals surface area contributed by atoms with Gasteiger partial charge in [-0.1, -0.05) is 0 Å². The summed E-state index contributed by atoms with van der Waals surface area (Å²) in [4.78, 5) is 9.47. The van der Waals surface area contributed by atoms with Gasteiger partial charge in [-0.3, -0.25) is 9.89 Å². The summed E-state index contributed by atoms with van der Waals surface area (Å²) in [5, 5.41) is 7.01. The van der Waals surface area contributed by atoms with E-state index in [-0.39, 0.29) is 30.1 Å². The van der Waals surface area contributed by atoms with Crippen molar-refractivity contribution in [1.29, 1.82) is 0 Å². The number of guanidine groups is 1. The zero-order valence-corrected chi connectivity index (χ0v) is 23.6. The summed E-state index contributed by atoms with van der Waals surface area (Å²) in [6.45, 7) is 10.2. The Morgan fingerprint density at radius 2 is 1.88 bits per heavy atom. The van der Waals surface area contributed by atoms with Gasteiger partial charge in [0.05, 0.1) is 26.9 Å². The average Bonchev–Trinajstić information content (AvgIpc) is 3.21. The molecular formula is C24H44IN5O3. The van der Waals surface area contributed by atoms with Crippen molar-refractivity contribution in [2.45, 2.75) is 45.4 Å². The fourth-order valence-corrected chi connectivity index (χ4v) is 3.88. The van der Waals surface area contributed by atoms with Gasteiger partial charge in [0.15, 0.2) is 5.96 Å². The highest BCUT2D eigenvalue weighted by Crippen LogP contribution is 2.24. The van der Waals surface area contributed by atoms with E-state index in [1.165, 1.54) is 5.56 Å². The van der Waals surface area contributed by atoms with Crippen molar-refractivity contribution in [2.75, 3.05) is 67.6 Å². The van der Waals surface area contributed by atoms with Crippen LogP contribution >= 0.6 is 24.0 Å². The number of ether oxygens (including phenoxy) is 3. The maximum absolute atomic E-state index is 5.89. The number of hydrogen-bond acceptors (Lipinski definition) is 6. The quantitative estimate of drug-likeness (QED) is 0.212. The van der Waals surface area contributed by atoms with Crippen molar-refractivity contribution >= 4 is 29.9 Å². The molecule has 1 saturated heterocycles. The molecule has 2 atom stereocenters. The van der Waals surface area contributed by atoms with Gasteiger partial charge in [-0.25, -0.2) is 0 Å². The molecule has 2 rings (SSSR count). The molecule has 1 fully saturated rings. The Bertz CT molecular complexity index is 682. The van der Waals surface area contributed by atoms with Crippen LogP contribution in [0.15, 0.2) is 23.2 Å². The summed E-state index contributed by atoms with van der Waals surface area (Å²) in [5.41, 5.74) is 1.20. The van der Waals surface area contributed by atoms with Crippen LogP contribution in [0.1, 0.15) is 32.3 Å². The Kier molecular flexibility index (Phi) is 14.7. The smallest absolute Gasteiger partial charge is 0.191 e. The molecule has 1 aromatic rings. The van der Waals surface area contributed by atoms with Crippen LogP contribution < -0.4 is 20.1 Å². The fraction of sp³-hybridized carbons (Fsp3) is 0.708. The summed E-state index contributed by atoms with van der Waals surface area (Å²) in [6, 6.07) is 6.44. The van der Waals surface area contributed by atoms with E-state index in [1.807, 2.05) is 13.0 Å². The minimum atomic E-state index is 0. The predicted octanol–water partition coefficient (Wildman–Crippen LogP) is 2.81.